The fourth-order valence-electron chi connectivity index (χ4n) is 2.95. The smallest absolute Gasteiger partial charge is 0.307 e. The maximum atomic E-state index is 12.4. The number of carbonyl (C=O) groups is 1. The fraction of sp³-hybridized carbons (Fsp3) is 0.263. The first-order valence-corrected chi connectivity index (χ1v) is 8.10. The summed E-state index contributed by atoms with van der Waals surface area (Å²) < 4.78 is 3.17. The number of rotatable bonds is 2. The van der Waals surface area contributed by atoms with Gasteiger partial charge in [0.15, 0.2) is 0 Å². The minimum absolute atomic E-state index is 0.0913. The van der Waals surface area contributed by atoms with Crippen LogP contribution >= 0.6 is 0 Å². The van der Waals surface area contributed by atoms with Crippen molar-refractivity contribution in [3.8, 4) is 0 Å². The van der Waals surface area contributed by atoms with E-state index in [1.165, 1.54) is 0 Å². The predicted octanol–water partition coefficient (Wildman–Crippen LogP) is 3.45. The molecule has 6 heteroatoms. The van der Waals surface area contributed by atoms with Gasteiger partial charge in [-0.05, 0) is 55.7 Å². The summed E-state index contributed by atoms with van der Waals surface area (Å²) in [6.07, 6.45) is 0. The van der Waals surface area contributed by atoms with Gasteiger partial charge < -0.3 is 10.6 Å². The second kappa shape index (κ2) is 6.12. The lowest BCUT2D eigenvalue weighted by Gasteiger charge is -2.13. The molecule has 2 amide bonds. The normalized spacial score (nSPS) is 10.9. The number of fused-ring (bicyclic) bond motifs is 1. The van der Waals surface area contributed by atoms with Crippen molar-refractivity contribution in [3.63, 3.8) is 0 Å². The molecule has 0 aliphatic heterocycles. The number of urea groups is 1. The molecule has 25 heavy (non-hydrogen) atoms. The third kappa shape index (κ3) is 2.91. The Morgan fingerprint density at radius 3 is 2.16 bits per heavy atom. The van der Waals surface area contributed by atoms with Crippen LogP contribution in [0.4, 0.5) is 16.2 Å². The summed E-state index contributed by atoms with van der Waals surface area (Å²) in [4.78, 5) is 24.5. The second-order valence-electron chi connectivity index (χ2n) is 6.38. The number of amides is 2. The largest absolute Gasteiger partial charge is 0.328 e. The molecule has 0 fully saturated rings. The summed E-state index contributed by atoms with van der Waals surface area (Å²) in [5.41, 5.74) is 6.03. The Morgan fingerprint density at radius 1 is 0.880 bits per heavy atom. The Kier molecular flexibility index (Phi) is 4.12. The molecule has 0 saturated carbocycles. The van der Waals surface area contributed by atoms with Crippen LogP contribution in [0.25, 0.3) is 11.0 Å². The first-order chi connectivity index (χ1) is 11.8. The molecule has 0 saturated heterocycles. The Morgan fingerprint density at radius 2 is 1.48 bits per heavy atom. The van der Waals surface area contributed by atoms with E-state index in [0.717, 1.165) is 33.4 Å². The summed E-state index contributed by atoms with van der Waals surface area (Å²) in [6, 6.07) is 9.22. The van der Waals surface area contributed by atoms with Crippen LogP contribution in [0.15, 0.2) is 35.1 Å². The van der Waals surface area contributed by atoms with Gasteiger partial charge in [-0.1, -0.05) is 12.1 Å². The van der Waals surface area contributed by atoms with Crippen LogP contribution < -0.4 is 16.3 Å². The van der Waals surface area contributed by atoms with Crippen LogP contribution in [0.2, 0.25) is 0 Å². The summed E-state index contributed by atoms with van der Waals surface area (Å²) in [7, 11) is 3.46. The molecule has 130 valence electrons. The first-order valence-electron chi connectivity index (χ1n) is 8.10. The highest BCUT2D eigenvalue weighted by atomic mass is 16.2. The lowest BCUT2D eigenvalue weighted by atomic mass is 10.1. The van der Waals surface area contributed by atoms with Crippen molar-refractivity contribution < 1.29 is 4.79 Å². The first kappa shape index (κ1) is 16.8. The zero-order valence-electron chi connectivity index (χ0n) is 15.1. The average Bonchev–Trinajstić information content (AvgIpc) is 2.77. The highest BCUT2D eigenvalue weighted by molar-refractivity contribution is 6.02. The summed E-state index contributed by atoms with van der Waals surface area (Å²) in [6.45, 7) is 5.89. The van der Waals surface area contributed by atoms with Crippen LogP contribution in [-0.2, 0) is 14.1 Å². The number of imidazole rings is 1. The van der Waals surface area contributed by atoms with E-state index in [2.05, 4.69) is 10.6 Å². The zero-order valence-corrected chi connectivity index (χ0v) is 15.1. The van der Waals surface area contributed by atoms with E-state index >= 15 is 0 Å². The maximum absolute atomic E-state index is 12.4. The standard InChI is InChI=1S/C19H22N4O2/c1-11-7-6-8-14(13(11)3)20-18(24)21-15-10-17-16(9-12(15)2)22(4)19(25)23(17)5/h6-10H,1-5H3,(H2,20,21,24). The van der Waals surface area contributed by atoms with Gasteiger partial charge in [-0.15, -0.1) is 0 Å². The molecule has 0 unspecified atom stereocenters. The quantitative estimate of drug-likeness (QED) is 0.751. The number of hydrogen-bond acceptors (Lipinski definition) is 2. The molecule has 0 atom stereocenters. The highest BCUT2D eigenvalue weighted by Gasteiger charge is 2.13. The molecule has 3 aromatic rings. The Labute approximate surface area is 146 Å². The van der Waals surface area contributed by atoms with Gasteiger partial charge in [0.25, 0.3) is 0 Å². The van der Waals surface area contributed by atoms with Gasteiger partial charge in [-0.3, -0.25) is 9.13 Å². The molecule has 0 aliphatic carbocycles. The van der Waals surface area contributed by atoms with Crippen LogP contribution in [-0.4, -0.2) is 15.2 Å². The zero-order chi connectivity index (χ0) is 18.3. The van der Waals surface area contributed by atoms with Crippen molar-refractivity contribution in [2.45, 2.75) is 20.8 Å². The van der Waals surface area contributed by atoms with Crippen LogP contribution in [0.1, 0.15) is 16.7 Å². The minimum Gasteiger partial charge on any atom is -0.307 e. The molecule has 0 bridgehead atoms. The van der Waals surface area contributed by atoms with Gasteiger partial charge in [-0.25, -0.2) is 9.59 Å². The van der Waals surface area contributed by atoms with Gasteiger partial charge in [0.1, 0.15) is 0 Å². The summed E-state index contributed by atoms with van der Waals surface area (Å²) >= 11 is 0. The highest BCUT2D eigenvalue weighted by Crippen LogP contribution is 2.23. The van der Waals surface area contributed by atoms with Gasteiger partial charge in [0.05, 0.1) is 11.0 Å². The second-order valence-corrected chi connectivity index (χ2v) is 6.38. The van der Waals surface area contributed by atoms with Gasteiger partial charge in [-0.2, -0.15) is 0 Å². The molecule has 0 radical (unpaired) electrons. The van der Waals surface area contributed by atoms with E-state index < -0.39 is 0 Å². The molecule has 6 nitrogen and oxygen atoms in total. The van der Waals surface area contributed by atoms with E-state index in [1.807, 2.05) is 51.1 Å². The van der Waals surface area contributed by atoms with Crippen LogP contribution in [0.5, 0.6) is 0 Å². The Balaban J connectivity index is 1.91. The molecule has 2 aromatic carbocycles. The molecule has 1 heterocycles. The number of aryl methyl sites for hydroxylation is 4. The summed E-state index contributed by atoms with van der Waals surface area (Å²) in [5.74, 6) is 0. The molecular formula is C19H22N4O2. The number of anilines is 2. The Hall–Kier alpha value is -3.02. The maximum Gasteiger partial charge on any atom is 0.328 e. The van der Waals surface area contributed by atoms with E-state index in [4.69, 9.17) is 0 Å². The monoisotopic (exact) mass is 338 g/mol. The van der Waals surface area contributed by atoms with Crippen molar-refractivity contribution in [1.82, 2.24) is 9.13 Å². The molecule has 1 aromatic heterocycles. The number of aromatic nitrogens is 2. The van der Waals surface area contributed by atoms with Crippen molar-refractivity contribution in [1.29, 1.82) is 0 Å². The Bertz CT molecular complexity index is 1040. The van der Waals surface area contributed by atoms with Gasteiger partial charge in [0.2, 0.25) is 0 Å². The van der Waals surface area contributed by atoms with Crippen molar-refractivity contribution in [2.75, 3.05) is 10.6 Å². The van der Waals surface area contributed by atoms with E-state index in [1.54, 1.807) is 23.2 Å². The van der Waals surface area contributed by atoms with Crippen LogP contribution in [0.3, 0.4) is 0 Å². The molecule has 0 spiro atoms. The van der Waals surface area contributed by atoms with E-state index in [0.29, 0.717) is 5.69 Å². The lowest BCUT2D eigenvalue weighted by molar-refractivity contribution is 0.262. The number of benzene rings is 2. The number of carbonyl (C=O) groups excluding carboxylic acids is 1. The SMILES string of the molecule is Cc1cc2c(cc1NC(=O)Nc1cccc(C)c1C)n(C)c(=O)n2C. The van der Waals surface area contributed by atoms with Crippen LogP contribution in [0, 0.1) is 20.8 Å². The third-order valence-corrected chi connectivity index (χ3v) is 4.72. The summed E-state index contributed by atoms with van der Waals surface area (Å²) in [5, 5.41) is 5.76. The molecule has 0 aliphatic rings. The third-order valence-electron chi connectivity index (χ3n) is 4.72. The molecule has 3 rings (SSSR count). The van der Waals surface area contributed by atoms with Crippen molar-refractivity contribution >= 4 is 28.4 Å². The minimum atomic E-state index is -0.308. The van der Waals surface area contributed by atoms with Gasteiger partial charge in [0, 0.05) is 25.5 Å². The molecule has 2 N–H and O–H groups in total. The predicted molar refractivity (Wildman–Crippen MR) is 101 cm³/mol. The van der Waals surface area contributed by atoms with Crippen molar-refractivity contribution in [2.24, 2.45) is 14.1 Å². The topological polar surface area (TPSA) is 68.1 Å². The number of nitrogens with zero attached hydrogens (tertiary/aromatic N) is 2. The fourth-order valence-corrected chi connectivity index (χ4v) is 2.95. The number of hydrogen-bond donors (Lipinski definition) is 2. The van der Waals surface area contributed by atoms with Crippen molar-refractivity contribution in [3.05, 3.63) is 57.5 Å². The van der Waals surface area contributed by atoms with E-state index in [9.17, 15) is 9.59 Å². The molecular weight excluding hydrogens is 316 g/mol. The van der Waals surface area contributed by atoms with E-state index in [-0.39, 0.29) is 11.7 Å². The van der Waals surface area contributed by atoms with Gasteiger partial charge >= 0.3 is 11.7 Å². The number of nitrogens with one attached hydrogen (secondary N) is 2. The average molecular weight is 338 g/mol. The lowest BCUT2D eigenvalue weighted by Crippen LogP contribution is -2.20.